The van der Waals surface area contributed by atoms with E-state index in [1.54, 1.807) is 19.1 Å². The maximum Gasteiger partial charge on any atom is 0.407 e. The molecule has 2 aromatic carbocycles. The van der Waals surface area contributed by atoms with Gasteiger partial charge in [0.15, 0.2) is 11.5 Å². The van der Waals surface area contributed by atoms with Crippen LogP contribution in [0.3, 0.4) is 0 Å². The van der Waals surface area contributed by atoms with Crippen molar-refractivity contribution >= 4 is 6.09 Å². The fourth-order valence-electron chi connectivity index (χ4n) is 7.04. The van der Waals surface area contributed by atoms with Gasteiger partial charge in [-0.15, -0.1) is 0 Å². The zero-order chi connectivity index (χ0) is 26.9. The number of amides is 1. The summed E-state index contributed by atoms with van der Waals surface area (Å²) in [4.78, 5) is 18.4. The minimum atomic E-state index is -0.772. The Balaban J connectivity index is 1.33. The summed E-state index contributed by atoms with van der Waals surface area (Å²) < 4.78 is 11.0. The fourth-order valence-corrected chi connectivity index (χ4v) is 7.04. The monoisotopic (exact) mass is 521 g/mol. The third kappa shape index (κ3) is 5.36. The van der Waals surface area contributed by atoms with Gasteiger partial charge in [-0.2, -0.15) is 0 Å². The number of methoxy groups -OCH3 is 2. The Morgan fingerprint density at radius 2 is 1.71 bits per heavy atom. The minimum absolute atomic E-state index is 0.329. The topological polar surface area (TPSA) is 65.5 Å². The first kappa shape index (κ1) is 26.8. The maximum absolute atomic E-state index is 11.4. The first-order chi connectivity index (χ1) is 18.3. The van der Waals surface area contributed by atoms with E-state index >= 15 is 0 Å². The lowest BCUT2D eigenvalue weighted by Gasteiger charge is -2.58. The molecule has 2 aromatic rings. The first-order valence-electron chi connectivity index (χ1n) is 14.1. The van der Waals surface area contributed by atoms with Gasteiger partial charge in [0.1, 0.15) is 0 Å². The number of ether oxygens (including phenoxy) is 2. The molecule has 2 saturated heterocycles. The zero-order valence-corrected chi connectivity index (χ0v) is 23.4. The van der Waals surface area contributed by atoms with E-state index in [1.807, 2.05) is 6.07 Å². The van der Waals surface area contributed by atoms with E-state index in [0.29, 0.717) is 36.5 Å². The Bertz CT molecular complexity index is 1120. The van der Waals surface area contributed by atoms with Crippen LogP contribution in [0.15, 0.2) is 42.5 Å². The number of carbonyl (C=O) groups is 1. The first-order valence-corrected chi connectivity index (χ1v) is 14.1. The fraction of sp³-hybridized carbons (Fsp3) is 0.581. The van der Waals surface area contributed by atoms with Crippen LogP contribution in [0.1, 0.15) is 68.2 Å². The summed E-state index contributed by atoms with van der Waals surface area (Å²) in [5.41, 5.74) is 4.47. The van der Waals surface area contributed by atoms with Gasteiger partial charge in [-0.25, -0.2) is 4.79 Å². The highest BCUT2D eigenvalue weighted by Crippen LogP contribution is 2.53. The number of nitrogens with zero attached hydrogens (tertiary/aromatic N) is 3. The summed E-state index contributed by atoms with van der Waals surface area (Å²) in [6.45, 7) is 9.91. The molecule has 38 heavy (non-hydrogen) atoms. The summed E-state index contributed by atoms with van der Waals surface area (Å²) in [7, 11) is 3.36. The van der Waals surface area contributed by atoms with Crippen molar-refractivity contribution in [3.8, 4) is 11.5 Å². The predicted octanol–water partition coefficient (Wildman–Crippen LogP) is 5.61. The highest BCUT2D eigenvalue weighted by Gasteiger charge is 2.50. The van der Waals surface area contributed by atoms with Gasteiger partial charge >= 0.3 is 6.09 Å². The molecule has 5 rings (SSSR count). The van der Waals surface area contributed by atoms with Gasteiger partial charge in [0.25, 0.3) is 0 Å². The van der Waals surface area contributed by atoms with Crippen LogP contribution in [0.25, 0.3) is 0 Å². The molecule has 1 spiro atoms. The average Bonchev–Trinajstić information content (AvgIpc) is 2.91. The molecule has 0 radical (unpaired) electrons. The molecule has 7 nitrogen and oxygen atoms in total. The van der Waals surface area contributed by atoms with Gasteiger partial charge in [-0.3, -0.25) is 9.80 Å². The van der Waals surface area contributed by atoms with Crippen LogP contribution in [0.5, 0.6) is 11.5 Å². The lowest BCUT2D eigenvalue weighted by atomic mass is 9.59. The molecule has 7 heteroatoms. The molecule has 1 saturated carbocycles. The van der Waals surface area contributed by atoms with Gasteiger partial charge in [0.05, 0.1) is 14.2 Å². The van der Waals surface area contributed by atoms with Crippen LogP contribution in [-0.2, 0) is 6.54 Å². The van der Waals surface area contributed by atoms with Crippen molar-refractivity contribution in [2.45, 2.75) is 64.1 Å². The molecule has 206 valence electrons. The Morgan fingerprint density at radius 1 is 1.00 bits per heavy atom. The lowest BCUT2D eigenvalue weighted by Crippen LogP contribution is -2.60. The number of piperidine rings is 1. The van der Waals surface area contributed by atoms with E-state index < -0.39 is 6.09 Å². The van der Waals surface area contributed by atoms with Gasteiger partial charge in [-0.05, 0) is 65.8 Å². The normalized spacial score (nSPS) is 22.4. The molecule has 3 fully saturated rings. The van der Waals surface area contributed by atoms with Crippen LogP contribution in [0.4, 0.5) is 4.79 Å². The Kier molecular flexibility index (Phi) is 7.87. The molecule has 2 aliphatic heterocycles. The molecule has 1 atom stereocenters. The van der Waals surface area contributed by atoms with E-state index in [9.17, 15) is 9.90 Å². The van der Waals surface area contributed by atoms with Gasteiger partial charge in [-0.1, -0.05) is 44.2 Å². The number of hydrogen-bond acceptors (Lipinski definition) is 5. The summed E-state index contributed by atoms with van der Waals surface area (Å²) in [6.07, 6.45) is 3.61. The molecular formula is C31H43N3O4. The van der Waals surface area contributed by atoms with Gasteiger partial charge in [0.2, 0.25) is 0 Å². The molecule has 0 bridgehead atoms. The Hall–Kier alpha value is -2.77. The highest BCUT2D eigenvalue weighted by molar-refractivity contribution is 5.65. The Morgan fingerprint density at radius 3 is 2.37 bits per heavy atom. The van der Waals surface area contributed by atoms with Crippen LogP contribution >= 0.6 is 0 Å². The van der Waals surface area contributed by atoms with Crippen LogP contribution in [0.2, 0.25) is 0 Å². The SMILES string of the molecule is COc1ccc(CN2CCN(C3CC4(CCN(C(=O)O)CC4)C3)C(c3ccccc3C(C)C)C2)cc1OC. The molecule has 1 N–H and O–H groups in total. The highest BCUT2D eigenvalue weighted by atomic mass is 16.5. The van der Waals surface area contributed by atoms with E-state index in [-0.39, 0.29) is 0 Å². The molecule has 1 amide bonds. The third-order valence-electron chi connectivity index (χ3n) is 9.24. The molecule has 2 heterocycles. The van der Waals surface area contributed by atoms with Crippen LogP contribution < -0.4 is 9.47 Å². The average molecular weight is 522 g/mol. The summed E-state index contributed by atoms with van der Waals surface area (Å²) >= 11 is 0. The van der Waals surface area contributed by atoms with Crippen LogP contribution in [-0.4, -0.2) is 78.9 Å². The van der Waals surface area contributed by atoms with Crippen molar-refractivity contribution in [2.24, 2.45) is 5.41 Å². The summed E-state index contributed by atoms with van der Waals surface area (Å²) in [6, 6.07) is 16.2. The third-order valence-corrected chi connectivity index (χ3v) is 9.24. The second-order valence-corrected chi connectivity index (χ2v) is 11.8. The molecule has 3 aliphatic rings. The molecule has 1 unspecified atom stereocenters. The molecule has 0 aromatic heterocycles. The molecule has 1 aliphatic carbocycles. The van der Waals surface area contributed by atoms with E-state index in [2.05, 4.69) is 60.0 Å². The second-order valence-electron chi connectivity index (χ2n) is 11.8. The number of carboxylic acid groups (broad SMARTS) is 1. The van der Waals surface area contributed by atoms with E-state index in [4.69, 9.17) is 9.47 Å². The maximum atomic E-state index is 11.4. The largest absolute Gasteiger partial charge is 0.493 e. The number of benzene rings is 2. The van der Waals surface area contributed by atoms with Crippen molar-refractivity contribution in [1.82, 2.24) is 14.7 Å². The van der Waals surface area contributed by atoms with E-state index in [0.717, 1.165) is 50.5 Å². The van der Waals surface area contributed by atoms with Crippen molar-refractivity contribution in [3.05, 3.63) is 59.2 Å². The number of rotatable bonds is 7. The van der Waals surface area contributed by atoms with Crippen LogP contribution in [0, 0.1) is 5.41 Å². The second kappa shape index (κ2) is 11.1. The smallest absolute Gasteiger partial charge is 0.407 e. The predicted molar refractivity (Wildman–Crippen MR) is 149 cm³/mol. The Labute approximate surface area is 227 Å². The lowest BCUT2D eigenvalue weighted by molar-refractivity contribution is -0.0749. The standard InChI is InChI=1S/C31H43N3O4/c1-22(2)25-7-5-6-8-26(25)27-21-32(20-23-9-10-28(37-3)29(17-23)38-4)15-16-34(27)24-18-31(19-24)11-13-33(14-12-31)30(35)36/h5-10,17,22,24,27H,11-16,18-21H2,1-4H3,(H,35,36). The van der Waals surface area contributed by atoms with Crippen molar-refractivity contribution in [2.75, 3.05) is 46.9 Å². The minimum Gasteiger partial charge on any atom is -0.493 e. The van der Waals surface area contributed by atoms with Crippen molar-refractivity contribution in [3.63, 3.8) is 0 Å². The number of likely N-dealkylation sites (tertiary alicyclic amines) is 1. The summed E-state index contributed by atoms with van der Waals surface area (Å²) in [5, 5.41) is 9.37. The quantitative estimate of drug-likeness (QED) is 0.511. The number of piperazine rings is 1. The van der Waals surface area contributed by atoms with E-state index in [1.165, 1.54) is 29.5 Å². The van der Waals surface area contributed by atoms with Crippen molar-refractivity contribution < 1.29 is 19.4 Å². The van der Waals surface area contributed by atoms with Crippen molar-refractivity contribution in [1.29, 1.82) is 0 Å². The van der Waals surface area contributed by atoms with Gasteiger partial charge in [0, 0.05) is 51.4 Å². The van der Waals surface area contributed by atoms with Gasteiger partial charge < -0.3 is 19.5 Å². The summed E-state index contributed by atoms with van der Waals surface area (Å²) in [5.74, 6) is 2.01. The zero-order valence-electron chi connectivity index (χ0n) is 23.4. The molecular weight excluding hydrogens is 478 g/mol. The number of hydrogen-bond donors (Lipinski definition) is 1.